The maximum absolute atomic E-state index is 13.8. The van der Waals surface area contributed by atoms with Gasteiger partial charge in [-0.1, -0.05) is 0 Å². The first kappa shape index (κ1) is 15.1. The Labute approximate surface area is 124 Å². The number of carbonyl (C=O) groups is 2. The van der Waals surface area contributed by atoms with Crippen molar-refractivity contribution in [2.45, 2.75) is 25.8 Å². The van der Waals surface area contributed by atoms with Gasteiger partial charge in [0.25, 0.3) is 11.7 Å². The number of nitrogens with one attached hydrogen (secondary N) is 1. The van der Waals surface area contributed by atoms with Crippen LogP contribution in [0.15, 0.2) is 16.6 Å². The summed E-state index contributed by atoms with van der Waals surface area (Å²) in [5.41, 5.74) is 0.455. The number of ketones is 1. The minimum atomic E-state index is -0.860. The Balaban J connectivity index is 2.12. The zero-order valence-electron chi connectivity index (χ0n) is 11.0. The molecule has 20 heavy (non-hydrogen) atoms. The normalized spacial score (nSPS) is 15.9. The molecule has 1 aliphatic rings. The Bertz CT molecular complexity index is 518. The largest absolute Gasteiger partial charge is 0.381 e. The average Bonchev–Trinajstić information content (AvgIpc) is 2.38. The Hall–Kier alpha value is -1.27. The fourth-order valence-electron chi connectivity index (χ4n) is 2.12. The van der Waals surface area contributed by atoms with Gasteiger partial charge in [-0.05, 0) is 53.4 Å². The van der Waals surface area contributed by atoms with Crippen molar-refractivity contribution in [2.75, 3.05) is 13.2 Å². The summed E-state index contributed by atoms with van der Waals surface area (Å²) in [5, 5.41) is 2.63. The number of aryl methyl sites for hydroxylation is 1. The Morgan fingerprint density at radius 2 is 2.00 bits per heavy atom. The van der Waals surface area contributed by atoms with Crippen molar-refractivity contribution in [1.82, 2.24) is 5.32 Å². The van der Waals surface area contributed by atoms with E-state index in [4.69, 9.17) is 4.74 Å². The van der Waals surface area contributed by atoms with Gasteiger partial charge < -0.3 is 10.1 Å². The molecular weight excluding hydrogens is 329 g/mol. The number of ether oxygens (including phenoxy) is 1. The van der Waals surface area contributed by atoms with Crippen LogP contribution < -0.4 is 5.32 Å². The molecule has 1 N–H and O–H groups in total. The van der Waals surface area contributed by atoms with Crippen LogP contribution in [0, 0.1) is 12.7 Å². The fourth-order valence-corrected chi connectivity index (χ4v) is 2.85. The molecule has 1 saturated heterocycles. The highest BCUT2D eigenvalue weighted by molar-refractivity contribution is 9.10. The molecule has 1 fully saturated rings. The smallest absolute Gasteiger partial charge is 0.292 e. The molecule has 0 aliphatic carbocycles. The number of hydrogen-bond donors (Lipinski definition) is 1. The van der Waals surface area contributed by atoms with E-state index >= 15 is 0 Å². The van der Waals surface area contributed by atoms with Gasteiger partial charge in [0.1, 0.15) is 5.82 Å². The van der Waals surface area contributed by atoms with Crippen LogP contribution in [0.4, 0.5) is 4.39 Å². The number of hydrogen-bond acceptors (Lipinski definition) is 3. The lowest BCUT2D eigenvalue weighted by molar-refractivity contribution is -0.118. The first-order valence-electron chi connectivity index (χ1n) is 6.37. The van der Waals surface area contributed by atoms with Gasteiger partial charge in [-0.3, -0.25) is 9.59 Å². The number of rotatable bonds is 3. The number of Topliss-reactive ketones (excluding diaryl/α,β-unsaturated/α-hetero) is 1. The second-order valence-electron chi connectivity index (χ2n) is 4.79. The third-order valence-electron chi connectivity index (χ3n) is 3.18. The second-order valence-corrected chi connectivity index (χ2v) is 5.65. The SMILES string of the molecule is Cc1cc(F)c(C(=O)C(=O)NC2CCOCC2)c(Br)c1. The highest BCUT2D eigenvalue weighted by atomic mass is 79.9. The lowest BCUT2D eigenvalue weighted by atomic mass is 10.1. The molecule has 0 unspecified atom stereocenters. The summed E-state index contributed by atoms with van der Waals surface area (Å²) in [6.45, 7) is 2.83. The number of amides is 1. The van der Waals surface area contributed by atoms with Gasteiger partial charge in [-0.2, -0.15) is 0 Å². The van der Waals surface area contributed by atoms with E-state index < -0.39 is 17.5 Å². The Kier molecular flexibility index (Phi) is 4.88. The Morgan fingerprint density at radius 1 is 1.35 bits per heavy atom. The summed E-state index contributed by atoms with van der Waals surface area (Å²) in [7, 11) is 0. The third kappa shape index (κ3) is 3.43. The van der Waals surface area contributed by atoms with Crippen molar-refractivity contribution in [1.29, 1.82) is 0 Å². The van der Waals surface area contributed by atoms with Crippen LogP contribution in [0.25, 0.3) is 0 Å². The molecule has 1 heterocycles. The zero-order chi connectivity index (χ0) is 14.7. The van der Waals surface area contributed by atoms with Crippen LogP contribution in [0.1, 0.15) is 28.8 Å². The third-order valence-corrected chi connectivity index (χ3v) is 3.80. The van der Waals surface area contributed by atoms with Crippen molar-refractivity contribution >= 4 is 27.6 Å². The quantitative estimate of drug-likeness (QED) is 0.677. The van der Waals surface area contributed by atoms with Gasteiger partial charge in [-0.25, -0.2) is 4.39 Å². The lowest BCUT2D eigenvalue weighted by Crippen LogP contribution is -2.42. The van der Waals surface area contributed by atoms with Gasteiger partial charge in [0.05, 0.1) is 5.56 Å². The first-order chi connectivity index (χ1) is 9.49. The van der Waals surface area contributed by atoms with E-state index in [0.717, 1.165) is 0 Å². The van der Waals surface area contributed by atoms with E-state index in [9.17, 15) is 14.0 Å². The topological polar surface area (TPSA) is 55.4 Å². The minimum absolute atomic E-state index is 0.0903. The summed E-state index contributed by atoms with van der Waals surface area (Å²) in [6.07, 6.45) is 1.33. The van der Waals surface area contributed by atoms with Crippen LogP contribution in [-0.4, -0.2) is 30.9 Å². The van der Waals surface area contributed by atoms with Gasteiger partial charge in [0.15, 0.2) is 0 Å². The van der Waals surface area contributed by atoms with Crippen LogP contribution in [-0.2, 0) is 9.53 Å². The molecule has 0 bridgehead atoms. The van der Waals surface area contributed by atoms with Gasteiger partial charge >= 0.3 is 0 Å². The fraction of sp³-hybridized carbons (Fsp3) is 0.429. The molecule has 0 radical (unpaired) electrons. The summed E-state index contributed by atoms with van der Waals surface area (Å²) in [4.78, 5) is 24.0. The maximum atomic E-state index is 13.8. The molecular formula is C14H15BrFNO3. The molecule has 6 heteroatoms. The van der Waals surface area contributed by atoms with Crippen molar-refractivity contribution in [3.05, 3.63) is 33.5 Å². The van der Waals surface area contributed by atoms with E-state index in [-0.39, 0.29) is 11.6 Å². The van der Waals surface area contributed by atoms with Crippen LogP contribution in [0.2, 0.25) is 0 Å². The van der Waals surface area contributed by atoms with E-state index in [2.05, 4.69) is 21.2 Å². The highest BCUT2D eigenvalue weighted by Crippen LogP contribution is 2.22. The maximum Gasteiger partial charge on any atom is 0.292 e. The van der Waals surface area contributed by atoms with Crippen molar-refractivity contribution in [3.63, 3.8) is 0 Å². The first-order valence-corrected chi connectivity index (χ1v) is 7.17. The molecule has 1 aliphatic heterocycles. The molecule has 0 saturated carbocycles. The standard InChI is InChI=1S/C14H15BrFNO3/c1-8-6-10(15)12(11(16)7-8)13(18)14(19)17-9-2-4-20-5-3-9/h6-7,9H,2-5H2,1H3,(H,17,19). The predicted molar refractivity (Wildman–Crippen MR) is 75.2 cm³/mol. The minimum Gasteiger partial charge on any atom is -0.381 e. The molecule has 1 aromatic rings. The van der Waals surface area contributed by atoms with Gasteiger partial charge in [-0.15, -0.1) is 0 Å². The van der Waals surface area contributed by atoms with E-state index in [1.807, 2.05) is 0 Å². The lowest BCUT2D eigenvalue weighted by Gasteiger charge is -2.22. The number of halogens is 2. The zero-order valence-corrected chi connectivity index (χ0v) is 12.6. The number of benzene rings is 1. The highest BCUT2D eigenvalue weighted by Gasteiger charge is 2.26. The average molecular weight is 344 g/mol. The molecule has 0 atom stereocenters. The van der Waals surface area contributed by atoms with Gasteiger partial charge in [0.2, 0.25) is 0 Å². The van der Waals surface area contributed by atoms with Crippen LogP contribution >= 0.6 is 15.9 Å². The second kappa shape index (κ2) is 6.45. The van der Waals surface area contributed by atoms with Crippen LogP contribution in [0.3, 0.4) is 0 Å². The van der Waals surface area contributed by atoms with E-state index in [1.54, 1.807) is 13.0 Å². The van der Waals surface area contributed by atoms with Crippen molar-refractivity contribution in [2.24, 2.45) is 0 Å². The summed E-state index contributed by atoms with van der Waals surface area (Å²) < 4.78 is 19.3. The summed E-state index contributed by atoms with van der Waals surface area (Å²) in [6, 6.07) is 2.75. The van der Waals surface area contributed by atoms with Crippen LogP contribution in [0.5, 0.6) is 0 Å². The molecule has 0 spiro atoms. The van der Waals surface area contributed by atoms with Gasteiger partial charge in [0, 0.05) is 23.7 Å². The molecule has 108 valence electrons. The molecule has 2 rings (SSSR count). The Morgan fingerprint density at radius 3 is 2.60 bits per heavy atom. The number of carbonyl (C=O) groups excluding carboxylic acids is 2. The monoisotopic (exact) mass is 343 g/mol. The predicted octanol–water partition coefficient (Wildman–Crippen LogP) is 2.37. The molecule has 1 amide bonds. The van der Waals surface area contributed by atoms with Crippen molar-refractivity contribution < 1.29 is 18.7 Å². The van der Waals surface area contributed by atoms with Crippen molar-refractivity contribution in [3.8, 4) is 0 Å². The van der Waals surface area contributed by atoms with E-state index in [1.165, 1.54) is 6.07 Å². The molecule has 0 aromatic heterocycles. The summed E-state index contributed by atoms with van der Waals surface area (Å²) in [5.74, 6) is -2.33. The summed E-state index contributed by atoms with van der Waals surface area (Å²) >= 11 is 3.13. The molecule has 4 nitrogen and oxygen atoms in total. The molecule has 1 aromatic carbocycles. The van der Waals surface area contributed by atoms with E-state index in [0.29, 0.717) is 36.1 Å².